The van der Waals surface area contributed by atoms with E-state index in [-0.39, 0.29) is 37.4 Å². The maximum absolute atomic E-state index is 12.6. The molecule has 21 heavy (non-hydrogen) atoms. The molecule has 0 bridgehead atoms. The Bertz CT molecular complexity index is 657. The minimum Gasteiger partial charge on any atom is -0.346 e. The second kappa shape index (κ2) is 5.13. The average Bonchev–Trinajstić information content (AvgIpc) is 2.94. The van der Waals surface area contributed by atoms with E-state index in [2.05, 4.69) is 15.0 Å². The van der Waals surface area contributed by atoms with E-state index in [0.29, 0.717) is 16.7 Å². The van der Waals surface area contributed by atoms with Gasteiger partial charge in [0, 0.05) is 17.5 Å². The number of aromatic nitrogens is 3. The van der Waals surface area contributed by atoms with Gasteiger partial charge in [-0.2, -0.15) is 13.2 Å². The third-order valence-electron chi connectivity index (χ3n) is 4.15. The Morgan fingerprint density at radius 3 is 2.57 bits per heavy atom. The summed E-state index contributed by atoms with van der Waals surface area (Å²) in [5.74, 6) is -1.83. The lowest BCUT2D eigenvalue weighted by Crippen LogP contribution is -2.30. The van der Waals surface area contributed by atoms with Gasteiger partial charge in [0.05, 0.1) is 5.92 Å². The smallest absolute Gasteiger partial charge is 0.346 e. The molecule has 0 aromatic carbocycles. The van der Waals surface area contributed by atoms with Crippen molar-refractivity contribution in [2.75, 3.05) is 0 Å². The average molecular weight is 297 g/mol. The first kappa shape index (κ1) is 14.0. The minimum atomic E-state index is -4.16. The SMILES string of the molecule is O=C(c1ncnc2[nH]ccc12)[C@H]1CC[C@H](C(F)(F)F)CC1. The Kier molecular flexibility index (Phi) is 3.43. The molecule has 0 atom stereocenters. The molecule has 2 aromatic rings. The zero-order valence-electron chi connectivity index (χ0n) is 11.2. The van der Waals surface area contributed by atoms with Crippen LogP contribution in [0.1, 0.15) is 36.2 Å². The fraction of sp³-hybridized carbons (Fsp3) is 0.500. The molecule has 3 rings (SSSR count). The van der Waals surface area contributed by atoms with Gasteiger partial charge in [-0.3, -0.25) is 4.79 Å². The summed E-state index contributed by atoms with van der Waals surface area (Å²) in [6, 6.07) is 1.71. The van der Waals surface area contributed by atoms with Crippen molar-refractivity contribution < 1.29 is 18.0 Å². The number of alkyl halides is 3. The van der Waals surface area contributed by atoms with E-state index in [0.717, 1.165) is 0 Å². The zero-order valence-corrected chi connectivity index (χ0v) is 11.2. The molecule has 7 heteroatoms. The molecule has 0 spiro atoms. The van der Waals surface area contributed by atoms with Crippen molar-refractivity contribution in [2.45, 2.75) is 31.9 Å². The summed E-state index contributed by atoms with van der Waals surface area (Å²) in [6.45, 7) is 0. The summed E-state index contributed by atoms with van der Waals surface area (Å²) in [5.41, 5.74) is 0.869. The molecule has 2 heterocycles. The van der Waals surface area contributed by atoms with Gasteiger partial charge in [0.25, 0.3) is 0 Å². The number of nitrogens with one attached hydrogen (secondary N) is 1. The summed E-state index contributed by atoms with van der Waals surface area (Å²) in [7, 11) is 0. The van der Waals surface area contributed by atoms with Crippen molar-refractivity contribution in [3.8, 4) is 0 Å². The highest BCUT2D eigenvalue weighted by Gasteiger charge is 2.42. The van der Waals surface area contributed by atoms with Gasteiger partial charge < -0.3 is 4.98 Å². The van der Waals surface area contributed by atoms with Crippen LogP contribution in [0, 0.1) is 11.8 Å². The third-order valence-corrected chi connectivity index (χ3v) is 4.15. The first-order chi connectivity index (χ1) is 9.97. The zero-order chi connectivity index (χ0) is 15.0. The molecule has 0 saturated heterocycles. The van der Waals surface area contributed by atoms with Gasteiger partial charge in [-0.15, -0.1) is 0 Å². The Labute approximate surface area is 118 Å². The van der Waals surface area contributed by atoms with Crippen molar-refractivity contribution in [2.24, 2.45) is 11.8 Å². The van der Waals surface area contributed by atoms with Crippen LogP contribution in [0.5, 0.6) is 0 Å². The van der Waals surface area contributed by atoms with Crippen LogP contribution in [0.25, 0.3) is 11.0 Å². The Hall–Kier alpha value is -1.92. The third kappa shape index (κ3) is 2.64. The fourth-order valence-corrected chi connectivity index (χ4v) is 2.95. The van der Waals surface area contributed by atoms with Crippen molar-refractivity contribution in [3.05, 3.63) is 24.3 Å². The monoisotopic (exact) mass is 297 g/mol. The molecule has 1 N–H and O–H groups in total. The maximum Gasteiger partial charge on any atom is 0.391 e. The highest BCUT2D eigenvalue weighted by molar-refractivity contribution is 6.05. The lowest BCUT2D eigenvalue weighted by Gasteiger charge is -2.28. The molecule has 0 unspecified atom stereocenters. The molecule has 1 fully saturated rings. The maximum atomic E-state index is 12.6. The lowest BCUT2D eigenvalue weighted by atomic mass is 9.79. The molecule has 4 nitrogen and oxygen atoms in total. The van der Waals surface area contributed by atoms with E-state index in [9.17, 15) is 18.0 Å². The first-order valence-corrected chi connectivity index (χ1v) is 6.86. The van der Waals surface area contributed by atoms with Crippen LogP contribution in [-0.2, 0) is 0 Å². The van der Waals surface area contributed by atoms with E-state index in [4.69, 9.17) is 0 Å². The summed E-state index contributed by atoms with van der Waals surface area (Å²) >= 11 is 0. The van der Waals surface area contributed by atoms with Crippen LogP contribution in [0.15, 0.2) is 18.6 Å². The molecule has 0 aliphatic heterocycles. The topological polar surface area (TPSA) is 58.6 Å². The molecule has 0 amide bonds. The summed E-state index contributed by atoms with van der Waals surface area (Å²) in [4.78, 5) is 23.4. The number of hydrogen-bond donors (Lipinski definition) is 1. The van der Waals surface area contributed by atoms with Crippen LogP contribution >= 0.6 is 0 Å². The van der Waals surface area contributed by atoms with Gasteiger partial charge in [0.15, 0.2) is 5.78 Å². The number of hydrogen-bond acceptors (Lipinski definition) is 3. The van der Waals surface area contributed by atoms with Crippen molar-refractivity contribution in [1.29, 1.82) is 0 Å². The number of aromatic amines is 1. The molecular weight excluding hydrogens is 283 g/mol. The summed E-state index contributed by atoms with van der Waals surface area (Å²) in [6.07, 6.45) is -0.638. The van der Waals surface area contributed by atoms with E-state index >= 15 is 0 Å². The molecule has 1 aliphatic carbocycles. The van der Waals surface area contributed by atoms with Gasteiger partial charge >= 0.3 is 6.18 Å². The summed E-state index contributed by atoms with van der Waals surface area (Å²) in [5, 5.41) is 0.625. The highest BCUT2D eigenvalue weighted by Crippen LogP contribution is 2.40. The van der Waals surface area contributed by atoms with Crippen molar-refractivity contribution in [1.82, 2.24) is 15.0 Å². The van der Waals surface area contributed by atoms with Crippen molar-refractivity contribution in [3.63, 3.8) is 0 Å². The second-order valence-corrected chi connectivity index (χ2v) is 5.42. The Balaban J connectivity index is 1.77. The number of carbonyl (C=O) groups is 1. The number of carbonyl (C=O) groups excluding carboxylic acids is 1. The number of rotatable bonds is 2. The van der Waals surface area contributed by atoms with E-state index in [1.54, 1.807) is 12.3 Å². The quantitative estimate of drug-likeness (QED) is 0.863. The largest absolute Gasteiger partial charge is 0.391 e. The normalized spacial score (nSPS) is 23.4. The number of H-pyrrole nitrogens is 1. The minimum absolute atomic E-state index is 0.0151. The number of Topliss-reactive ketones (excluding diaryl/α,β-unsaturated/α-hetero) is 1. The molecular formula is C14H14F3N3O. The van der Waals surface area contributed by atoms with Crippen LogP contribution < -0.4 is 0 Å². The summed E-state index contributed by atoms with van der Waals surface area (Å²) < 4.78 is 37.9. The van der Waals surface area contributed by atoms with Crippen LogP contribution in [0.4, 0.5) is 13.2 Å². The van der Waals surface area contributed by atoms with Crippen LogP contribution in [-0.4, -0.2) is 26.9 Å². The first-order valence-electron chi connectivity index (χ1n) is 6.86. The molecule has 1 saturated carbocycles. The Morgan fingerprint density at radius 2 is 1.90 bits per heavy atom. The van der Waals surface area contributed by atoms with Crippen LogP contribution in [0.2, 0.25) is 0 Å². The molecule has 112 valence electrons. The highest BCUT2D eigenvalue weighted by atomic mass is 19.4. The van der Waals surface area contributed by atoms with Crippen molar-refractivity contribution >= 4 is 16.8 Å². The van der Waals surface area contributed by atoms with Gasteiger partial charge in [-0.1, -0.05) is 0 Å². The number of nitrogens with zero attached hydrogens (tertiary/aromatic N) is 2. The standard InChI is InChI=1S/C14H14F3N3O/c15-14(16,17)9-3-1-8(2-4-9)12(21)11-10-5-6-18-13(10)20-7-19-11/h5-9H,1-4H2,(H,18,19,20)/t8-,9-. The number of fused-ring (bicyclic) bond motifs is 1. The predicted octanol–water partition coefficient (Wildman–Crippen LogP) is 3.51. The van der Waals surface area contributed by atoms with Gasteiger partial charge in [0.1, 0.15) is 17.7 Å². The van der Waals surface area contributed by atoms with E-state index in [1.807, 2.05) is 0 Å². The lowest BCUT2D eigenvalue weighted by molar-refractivity contribution is -0.183. The molecule has 0 radical (unpaired) electrons. The van der Waals surface area contributed by atoms with E-state index in [1.165, 1.54) is 6.33 Å². The second-order valence-electron chi connectivity index (χ2n) is 5.42. The Morgan fingerprint density at radius 1 is 1.19 bits per heavy atom. The molecule has 1 aliphatic rings. The number of halogens is 3. The fourth-order valence-electron chi connectivity index (χ4n) is 2.95. The molecule has 2 aromatic heterocycles. The van der Waals surface area contributed by atoms with Gasteiger partial charge in [-0.25, -0.2) is 9.97 Å². The van der Waals surface area contributed by atoms with Gasteiger partial charge in [0.2, 0.25) is 0 Å². The van der Waals surface area contributed by atoms with Crippen LogP contribution in [0.3, 0.4) is 0 Å². The van der Waals surface area contributed by atoms with Gasteiger partial charge in [-0.05, 0) is 31.7 Å². The van der Waals surface area contributed by atoms with E-state index < -0.39 is 12.1 Å². The predicted molar refractivity (Wildman–Crippen MR) is 69.7 cm³/mol. The number of ketones is 1.